The second-order valence-electron chi connectivity index (χ2n) is 4.75. The van der Waals surface area contributed by atoms with E-state index in [0.717, 1.165) is 22.1 Å². The van der Waals surface area contributed by atoms with E-state index in [1.54, 1.807) is 18.2 Å². The molecule has 0 amide bonds. The van der Waals surface area contributed by atoms with Crippen molar-refractivity contribution < 1.29 is 4.39 Å². The Morgan fingerprint density at radius 3 is 2.43 bits per heavy atom. The van der Waals surface area contributed by atoms with Crippen molar-refractivity contribution in [3.63, 3.8) is 0 Å². The highest BCUT2D eigenvalue weighted by atomic mass is 79.9. The van der Waals surface area contributed by atoms with E-state index in [2.05, 4.69) is 21.2 Å². The van der Waals surface area contributed by atoms with Crippen molar-refractivity contribution in [1.29, 1.82) is 0 Å². The maximum Gasteiger partial charge on any atom is 0.123 e. The normalized spacial score (nSPS) is 12.4. The molecule has 2 aromatic carbocycles. The minimum atomic E-state index is -0.243. The molecule has 5 heteroatoms. The van der Waals surface area contributed by atoms with Gasteiger partial charge in [-0.3, -0.25) is 0 Å². The first kappa shape index (κ1) is 16.8. The Labute approximate surface area is 142 Å². The van der Waals surface area contributed by atoms with Crippen LogP contribution in [0.3, 0.4) is 0 Å². The van der Waals surface area contributed by atoms with E-state index >= 15 is 0 Å². The molecule has 0 bridgehead atoms. The number of nitrogens with one attached hydrogen (secondary N) is 1. The van der Waals surface area contributed by atoms with Crippen molar-refractivity contribution in [3.8, 4) is 0 Å². The van der Waals surface area contributed by atoms with Gasteiger partial charge in [0.15, 0.2) is 0 Å². The van der Waals surface area contributed by atoms with E-state index < -0.39 is 0 Å². The zero-order valence-corrected chi connectivity index (χ0v) is 14.6. The third-order valence-electron chi connectivity index (χ3n) is 3.17. The first-order valence-electron chi connectivity index (χ1n) is 6.63. The van der Waals surface area contributed by atoms with Gasteiger partial charge in [0, 0.05) is 20.6 Å². The topological polar surface area (TPSA) is 12.0 Å². The van der Waals surface area contributed by atoms with Crippen LogP contribution in [-0.2, 0) is 6.42 Å². The van der Waals surface area contributed by atoms with Gasteiger partial charge in [0.05, 0.1) is 0 Å². The fraction of sp³-hybridized carbons (Fsp3) is 0.250. The Bertz CT molecular complexity index is 613. The summed E-state index contributed by atoms with van der Waals surface area (Å²) in [6.07, 6.45) is 0.642. The third-order valence-corrected chi connectivity index (χ3v) is 4.38. The second-order valence-corrected chi connectivity index (χ2v) is 6.48. The average Bonchev–Trinajstić information content (AvgIpc) is 2.41. The van der Waals surface area contributed by atoms with Gasteiger partial charge in [0.25, 0.3) is 0 Å². The number of rotatable bonds is 5. The molecule has 1 nitrogen and oxygen atoms in total. The van der Waals surface area contributed by atoms with E-state index in [4.69, 9.17) is 23.2 Å². The van der Waals surface area contributed by atoms with E-state index in [9.17, 15) is 4.39 Å². The number of likely N-dealkylation sites (N-methyl/N-ethyl adjacent to an activating group) is 1. The maximum absolute atomic E-state index is 13.4. The van der Waals surface area contributed by atoms with Gasteiger partial charge in [0.1, 0.15) is 5.82 Å². The zero-order valence-electron chi connectivity index (χ0n) is 11.5. The maximum atomic E-state index is 13.4. The van der Waals surface area contributed by atoms with Gasteiger partial charge in [-0.2, -0.15) is 0 Å². The van der Waals surface area contributed by atoms with E-state index in [-0.39, 0.29) is 11.9 Å². The lowest BCUT2D eigenvalue weighted by Crippen LogP contribution is -2.23. The summed E-state index contributed by atoms with van der Waals surface area (Å²) in [4.78, 5) is 0. The van der Waals surface area contributed by atoms with E-state index in [0.29, 0.717) is 16.5 Å². The number of hydrogen-bond donors (Lipinski definition) is 1. The monoisotopic (exact) mass is 389 g/mol. The first-order valence-corrected chi connectivity index (χ1v) is 8.17. The quantitative estimate of drug-likeness (QED) is 0.681. The van der Waals surface area contributed by atoms with Crippen molar-refractivity contribution in [2.24, 2.45) is 0 Å². The minimum absolute atomic E-state index is 0.0179. The van der Waals surface area contributed by atoms with Gasteiger partial charge in [0.2, 0.25) is 0 Å². The highest BCUT2D eigenvalue weighted by Crippen LogP contribution is 2.28. The van der Waals surface area contributed by atoms with Crippen molar-refractivity contribution in [2.45, 2.75) is 19.4 Å². The molecule has 0 aliphatic carbocycles. The second kappa shape index (κ2) is 7.59. The largest absolute Gasteiger partial charge is 0.310 e. The van der Waals surface area contributed by atoms with Gasteiger partial charge in [-0.25, -0.2) is 4.39 Å². The summed E-state index contributed by atoms with van der Waals surface area (Å²) in [5.74, 6) is -0.243. The van der Waals surface area contributed by atoms with Crippen LogP contribution in [0.1, 0.15) is 24.1 Å². The van der Waals surface area contributed by atoms with Crippen LogP contribution in [0.5, 0.6) is 0 Å². The molecule has 0 fully saturated rings. The van der Waals surface area contributed by atoms with Crippen LogP contribution in [0.2, 0.25) is 10.0 Å². The molecule has 0 radical (unpaired) electrons. The Hall–Kier alpha value is -0.610. The van der Waals surface area contributed by atoms with E-state index in [1.807, 2.05) is 19.1 Å². The fourth-order valence-corrected chi connectivity index (χ4v) is 3.20. The Morgan fingerprint density at radius 1 is 1.14 bits per heavy atom. The molecule has 1 unspecified atom stereocenters. The van der Waals surface area contributed by atoms with Crippen molar-refractivity contribution >= 4 is 39.1 Å². The molecule has 0 aliphatic heterocycles. The smallest absolute Gasteiger partial charge is 0.123 e. The first-order chi connectivity index (χ1) is 9.99. The predicted octanol–water partition coefficient (Wildman–Crippen LogP) is 5.79. The van der Waals surface area contributed by atoms with Crippen LogP contribution < -0.4 is 5.32 Å². The fourth-order valence-electron chi connectivity index (χ4n) is 2.25. The van der Waals surface area contributed by atoms with Gasteiger partial charge < -0.3 is 5.32 Å². The lowest BCUT2D eigenvalue weighted by atomic mass is 9.98. The summed E-state index contributed by atoms with van der Waals surface area (Å²) in [6, 6.07) is 10.2. The molecular formula is C16H15BrCl2FN. The molecule has 21 heavy (non-hydrogen) atoms. The molecule has 0 saturated carbocycles. The van der Waals surface area contributed by atoms with Crippen LogP contribution in [-0.4, -0.2) is 6.54 Å². The van der Waals surface area contributed by atoms with Crippen LogP contribution >= 0.6 is 39.1 Å². The predicted molar refractivity (Wildman–Crippen MR) is 90.7 cm³/mol. The Balaban J connectivity index is 2.32. The van der Waals surface area contributed by atoms with Crippen LogP contribution in [0.4, 0.5) is 4.39 Å². The van der Waals surface area contributed by atoms with Gasteiger partial charge in [-0.15, -0.1) is 0 Å². The Morgan fingerprint density at radius 2 is 1.81 bits per heavy atom. The van der Waals surface area contributed by atoms with Crippen LogP contribution in [0, 0.1) is 5.82 Å². The van der Waals surface area contributed by atoms with Crippen molar-refractivity contribution in [1.82, 2.24) is 5.32 Å². The SMILES string of the molecule is CCNC(Cc1cc(F)ccc1Br)c1cc(Cl)cc(Cl)c1. The average molecular weight is 391 g/mol. The lowest BCUT2D eigenvalue weighted by Gasteiger charge is -2.20. The molecule has 0 spiro atoms. The number of benzene rings is 2. The van der Waals surface area contributed by atoms with Crippen molar-refractivity contribution in [3.05, 3.63) is 67.9 Å². The minimum Gasteiger partial charge on any atom is -0.310 e. The summed E-state index contributed by atoms with van der Waals surface area (Å²) >= 11 is 15.6. The number of hydrogen-bond acceptors (Lipinski definition) is 1. The summed E-state index contributed by atoms with van der Waals surface area (Å²) in [7, 11) is 0. The molecule has 0 aliphatic rings. The summed E-state index contributed by atoms with van der Waals surface area (Å²) in [6.45, 7) is 2.82. The van der Waals surface area contributed by atoms with Crippen LogP contribution in [0.25, 0.3) is 0 Å². The molecule has 2 rings (SSSR count). The molecule has 0 saturated heterocycles. The van der Waals surface area contributed by atoms with Gasteiger partial charge >= 0.3 is 0 Å². The Kier molecular flexibility index (Phi) is 6.06. The molecular weight excluding hydrogens is 376 g/mol. The molecule has 1 atom stereocenters. The molecule has 2 aromatic rings. The zero-order chi connectivity index (χ0) is 15.4. The summed E-state index contributed by atoms with van der Waals surface area (Å²) in [5, 5.41) is 4.58. The molecule has 0 heterocycles. The molecule has 112 valence electrons. The highest BCUT2D eigenvalue weighted by Gasteiger charge is 2.15. The molecule has 1 N–H and O–H groups in total. The standard InChI is InChI=1S/C16H15BrCl2FN/c1-2-21-16(11-5-12(18)9-13(19)6-11)8-10-7-14(20)3-4-15(10)17/h3-7,9,16,21H,2,8H2,1H3. The van der Waals surface area contributed by atoms with Crippen LogP contribution in [0.15, 0.2) is 40.9 Å². The summed E-state index contributed by atoms with van der Waals surface area (Å²) < 4.78 is 14.3. The number of halogens is 4. The third kappa shape index (κ3) is 4.68. The van der Waals surface area contributed by atoms with Crippen molar-refractivity contribution in [2.75, 3.05) is 6.54 Å². The van der Waals surface area contributed by atoms with Gasteiger partial charge in [-0.1, -0.05) is 46.1 Å². The summed E-state index contributed by atoms with van der Waals surface area (Å²) in [5.41, 5.74) is 1.89. The van der Waals surface area contributed by atoms with Gasteiger partial charge in [-0.05, 0) is 60.5 Å². The highest BCUT2D eigenvalue weighted by molar-refractivity contribution is 9.10. The van der Waals surface area contributed by atoms with E-state index in [1.165, 1.54) is 6.07 Å². The molecule has 0 aromatic heterocycles. The lowest BCUT2D eigenvalue weighted by molar-refractivity contribution is 0.546.